The first-order valence-electron chi connectivity index (χ1n) is 3.70. The van der Waals surface area contributed by atoms with Crippen molar-refractivity contribution in [1.29, 1.82) is 0 Å². The van der Waals surface area contributed by atoms with Crippen molar-refractivity contribution in [3.63, 3.8) is 0 Å². The lowest BCUT2D eigenvalue weighted by atomic mass is 10.1. The van der Waals surface area contributed by atoms with Gasteiger partial charge in [0.15, 0.2) is 0 Å². The second kappa shape index (κ2) is 3.23. The molecule has 0 atom stereocenters. The lowest BCUT2D eigenvalue weighted by Crippen LogP contribution is -2.40. The smallest absolute Gasteiger partial charge is 0.263 e. The van der Waals surface area contributed by atoms with Gasteiger partial charge >= 0.3 is 0 Å². The van der Waals surface area contributed by atoms with Crippen molar-refractivity contribution < 1.29 is 4.79 Å². The van der Waals surface area contributed by atoms with Crippen molar-refractivity contribution in [2.24, 2.45) is 0 Å². The van der Waals surface area contributed by atoms with E-state index in [0.29, 0.717) is 4.88 Å². The molecule has 3 nitrogen and oxygen atoms in total. The zero-order valence-electron chi connectivity index (χ0n) is 7.42. The third-order valence-electron chi connectivity index (χ3n) is 1.14. The second-order valence-electron chi connectivity index (χ2n) is 3.57. The molecule has 0 aromatic carbocycles. The van der Waals surface area contributed by atoms with Crippen LogP contribution in [0.5, 0.6) is 0 Å². The second-order valence-corrected chi connectivity index (χ2v) is 4.46. The Balaban J connectivity index is 2.63. The van der Waals surface area contributed by atoms with Gasteiger partial charge < -0.3 is 5.32 Å². The minimum Gasteiger partial charge on any atom is -0.347 e. The topological polar surface area (TPSA) is 42.0 Å². The number of carbonyl (C=O) groups is 1. The molecule has 1 aromatic heterocycles. The van der Waals surface area contributed by atoms with E-state index in [0.717, 1.165) is 0 Å². The highest BCUT2D eigenvalue weighted by atomic mass is 32.1. The first kappa shape index (κ1) is 9.19. The minimum atomic E-state index is -0.179. The van der Waals surface area contributed by atoms with Crippen LogP contribution in [0.25, 0.3) is 0 Å². The summed E-state index contributed by atoms with van der Waals surface area (Å²) in [6, 6.07) is 0. The Bertz CT molecular complexity index is 261. The summed E-state index contributed by atoms with van der Waals surface area (Å²) in [5.74, 6) is -0.0509. The van der Waals surface area contributed by atoms with Crippen LogP contribution in [0, 0.1) is 0 Å². The van der Waals surface area contributed by atoms with Gasteiger partial charge in [-0.2, -0.15) is 0 Å². The van der Waals surface area contributed by atoms with Crippen molar-refractivity contribution in [2.75, 3.05) is 0 Å². The molecule has 0 unspecified atom stereocenters. The molecule has 1 rings (SSSR count). The molecule has 12 heavy (non-hydrogen) atoms. The molecule has 0 radical (unpaired) electrons. The van der Waals surface area contributed by atoms with Crippen LogP contribution in [-0.4, -0.2) is 16.4 Å². The number of nitrogens with zero attached hydrogens (tertiary/aromatic N) is 1. The van der Waals surface area contributed by atoms with Gasteiger partial charge in [-0.15, -0.1) is 11.3 Å². The molecule has 0 fully saturated rings. The third kappa shape index (κ3) is 2.62. The van der Waals surface area contributed by atoms with Gasteiger partial charge in [0.25, 0.3) is 5.91 Å². The average molecular weight is 184 g/mol. The van der Waals surface area contributed by atoms with Gasteiger partial charge in [-0.1, -0.05) is 0 Å². The summed E-state index contributed by atoms with van der Waals surface area (Å²) in [7, 11) is 0. The van der Waals surface area contributed by atoms with Crippen molar-refractivity contribution in [2.45, 2.75) is 26.3 Å². The highest BCUT2D eigenvalue weighted by Gasteiger charge is 2.15. The fraction of sp³-hybridized carbons (Fsp3) is 0.500. The largest absolute Gasteiger partial charge is 0.347 e. The van der Waals surface area contributed by atoms with E-state index in [1.54, 1.807) is 11.7 Å². The molecule has 0 aliphatic carbocycles. The van der Waals surface area contributed by atoms with Crippen molar-refractivity contribution in [3.05, 3.63) is 16.6 Å². The quantitative estimate of drug-likeness (QED) is 0.721. The van der Waals surface area contributed by atoms with Crippen LogP contribution in [0.2, 0.25) is 0 Å². The highest BCUT2D eigenvalue weighted by molar-refractivity contribution is 7.11. The van der Waals surface area contributed by atoms with Crippen LogP contribution < -0.4 is 5.32 Å². The lowest BCUT2D eigenvalue weighted by Gasteiger charge is -2.19. The molecular weight excluding hydrogens is 172 g/mol. The summed E-state index contributed by atoms with van der Waals surface area (Å²) in [4.78, 5) is 15.9. The number of rotatable bonds is 1. The number of nitrogens with one attached hydrogen (secondary N) is 1. The Hall–Kier alpha value is -0.900. The summed E-state index contributed by atoms with van der Waals surface area (Å²) in [5, 5.41) is 2.85. The van der Waals surface area contributed by atoms with Gasteiger partial charge in [-0.25, -0.2) is 0 Å². The number of hydrogen-bond donors (Lipinski definition) is 1. The molecule has 1 aromatic rings. The van der Waals surface area contributed by atoms with Crippen molar-refractivity contribution in [1.82, 2.24) is 10.3 Å². The molecule has 1 N–H and O–H groups in total. The molecule has 0 spiro atoms. The first-order valence-corrected chi connectivity index (χ1v) is 4.58. The predicted molar refractivity (Wildman–Crippen MR) is 49.3 cm³/mol. The Kier molecular flexibility index (Phi) is 2.47. The zero-order valence-corrected chi connectivity index (χ0v) is 8.23. The fourth-order valence-electron chi connectivity index (χ4n) is 0.730. The SMILES string of the molecule is CC(C)(C)NC(=O)c1cncs1. The molecule has 4 heteroatoms. The Morgan fingerprint density at radius 1 is 1.58 bits per heavy atom. The zero-order chi connectivity index (χ0) is 9.19. The number of hydrogen-bond acceptors (Lipinski definition) is 3. The van der Waals surface area contributed by atoms with Gasteiger partial charge in [0, 0.05) is 5.54 Å². The van der Waals surface area contributed by atoms with Crippen LogP contribution in [0.15, 0.2) is 11.7 Å². The number of carbonyl (C=O) groups excluding carboxylic acids is 1. The van der Waals surface area contributed by atoms with E-state index in [9.17, 15) is 4.79 Å². The van der Waals surface area contributed by atoms with Crippen LogP contribution in [0.3, 0.4) is 0 Å². The summed E-state index contributed by atoms with van der Waals surface area (Å²) >= 11 is 1.35. The molecular formula is C8H12N2OS. The Morgan fingerprint density at radius 3 is 2.67 bits per heavy atom. The lowest BCUT2D eigenvalue weighted by molar-refractivity contribution is 0.0923. The van der Waals surface area contributed by atoms with Crippen LogP contribution >= 0.6 is 11.3 Å². The maximum Gasteiger partial charge on any atom is 0.263 e. The number of aromatic nitrogens is 1. The molecule has 1 heterocycles. The average Bonchev–Trinajstić information content (AvgIpc) is 2.32. The highest BCUT2D eigenvalue weighted by Crippen LogP contribution is 2.07. The maximum absolute atomic E-state index is 11.4. The van der Waals surface area contributed by atoms with Gasteiger partial charge in [0.1, 0.15) is 4.88 Å². The molecule has 1 amide bonds. The molecule has 0 bridgehead atoms. The Morgan fingerprint density at radius 2 is 2.25 bits per heavy atom. The summed E-state index contributed by atoms with van der Waals surface area (Å²) in [6.45, 7) is 5.85. The normalized spacial score (nSPS) is 11.2. The van der Waals surface area contributed by atoms with E-state index in [-0.39, 0.29) is 11.4 Å². The predicted octanol–water partition coefficient (Wildman–Crippen LogP) is 1.67. The van der Waals surface area contributed by atoms with Crippen LogP contribution in [0.4, 0.5) is 0 Å². The third-order valence-corrected chi connectivity index (χ3v) is 1.92. The van der Waals surface area contributed by atoms with E-state index in [1.165, 1.54) is 11.3 Å². The molecule has 0 aliphatic heterocycles. The van der Waals surface area contributed by atoms with Crippen molar-refractivity contribution >= 4 is 17.2 Å². The standard InChI is InChI=1S/C8H12N2OS/c1-8(2,3)10-7(11)6-4-9-5-12-6/h4-5H,1-3H3,(H,10,11). The number of thiazole rings is 1. The van der Waals surface area contributed by atoms with Crippen LogP contribution in [0.1, 0.15) is 30.4 Å². The summed E-state index contributed by atoms with van der Waals surface area (Å²) in [5.41, 5.74) is 1.47. The Labute approximate surface area is 75.8 Å². The van der Waals surface area contributed by atoms with Gasteiger partial charge in [-0.3, -0.25) is 9.78 Å². The summed E-state index contributed by atoms with van der Waals surface area (Å²) < 4.78 is 0. The van der Waals surface area contributed by atoms with E-state index in [1.807, 2.05) is 20.8 Å². The van der Waals surface area contributed by atoms with E-state index >= 15 is 0 Å². The molecule has 0 aliphatic rings. The number of amides is 1. The molecule has 0 saturated carbocycles. The van der Waals surface area contributed by atoms with Crippen molar-refractivity contribution in [3.8, 4) is 0 Å². The van der Waals surface area contributed by atoms with Crippen LogP contribution in [-0.2, 0) is 0 Å². The van der Waals surface area contributed by atoms with Gasteiger partial charge in [0.2, 0.25) is 0 Å². The van der Waals surface area contributed by atoms with E-state index in [4.69, 9.17) is 0 Å². The van der Waals surface area contributed by atoms with Gasteiger partial charge in [-0.05, 0) is 20.8 Å². The van der Waals surface area contributed by atoms with Gasteiger partial charge in [0.05, 0.1) is 11.7 Å². The van der Waals surface area contributed by atoms with E-state index < -0.39 is 0 Å². The fourth-order valence-corrected chi connectivity index (χ4v) is 1.25. The minimum absolute atomic E-state index is 0.0509. The maximum atomic E-state index is 11.4. The first-order chi connectivity index (χ1) is 5.49. The van der Waals surface area contributed by atoms with E-state index in [2.05, 4.69) is 10.3 Å². The molecule has 0 saturated heterocycles. The molecule has 66 valence electrons. The monoisotopic (exact) mass is 184 g/mol. The summed E-state index contributed by atoms with van der Waals surface area (Å²) in [6.07, 6.45) is 1.58.